The van der Waals surface area contributed by atoms with Gasteiger partial charge < -0.3 is 14.9 Å². The van der Waals surface area contributed by atoms with Gasteiger partial charge in [0.2, 0.25) is 4.63 Å². The zero-order valence-electron chi connectivity index (χ0n) is 8.97. The number of nitrogens with one attached hydrogen (secondary N) is 1. The molecule has 1 fully saturated rings. The van der Waals surface area contributed by atoms with Crippen LogP contribution in [0.1, 0.15) is 6.42 Å². The Morgan fingerprint density at radius 2 is 2.28 bits per heavy atom. The number of aromatic amines is 1. The predicted molar refractivity (Wildman–Crippen MR) is 68.5 cm³/mol. The Bertz CT molecular complexity index is 571. The van der Waals surface area contributed by atoms with E-state index in [1.165, 1.54) is 6.20 Å². The van der Waals surface area contributed by atoms with Crippen LogP contribution in [0.5, 0.6) is 0 Å². The van der Waals surface area contributed by atoms with Gasteiger partial charge in [0.1, 0.15) is 6.10 Å². The number of rotatable bonds is 2. The fourth-order valence-electron chi connectivity index (χ4n) is 1.76. The lowest BCUT2D eigenvalue weighted by Gasteiger charge is -2.24. The molecule has 3 atom stereocenters. The number of nitrogens with zero attached hydrogens (tertiary/aromatic N) is 1. The summed E-state index contributed by atoms with van der Waals surface area (Å²) < 4.78 is 5.39. The Hall–Kier alpha value is -0.480. The summed E-state index contributed by atoms with van der Waals surface area (Å²) in [6.45, 7) is -0.367. The van der Waals surface area contributed by atoms with Crippen LogP contribution in [-0.2, 0) is 9.37 Å². The molecule has 0 unspecified atom stereocenters. The van der Waals surface area contributed by atoms with Crippen molar-refractivity contribution in [3.8, 4) is 0 Å². The molecule has 0 bridgehead atoms. The van der Waals surface area contributed by atoms with E-state index in [0.717, 1.165) is 4.57 Å². The average molecular weight is 386 g/mol. The number of alkyl halides is 1. The molecule has 1 aliphatic heterocycles. The zero-order valence-corrected chi connectivity index (χ0v) is 12.1. The molecule has 1 aromatic heterocycles. The van der Waals surface area contributed by atoms with Gasteiger partial charge in [-0.15, -0.1) is 0 Å². The highest BCUT2D eigenvalue weighted by Crippen LogP contribution is 2.39. The van der Waals surface area contributed by atoms with Gasteiger partial charge in [-0.3, -0.25) is 14.3 Å². The van der Waals surface area contributed by atoms with Crippen molar-refractivity contribution in [2.45, 2.75) is 23.3 Å². The predicted octanol–water partition coefficient (Wildman–Crippen LogP) is -0.554. The smallest absolute Gasteiger partial charge is 0.331 e. The maximum Gasteiger partial charge on any atom is 0.331 e. The third-order valence-corrected chi connectivity index (χ3v) is 4.12. The molecule has 3 N–H and O–H groups in total. The molecule has 0 saturated carbocycles. The van der Waals surface area contributed by atoms with Crippen LogP contribution in [0.4, 0.5) is 0 Å². The topological polar surface area (TPSA) is 105 Å². The molecule has 0 amide bonds. The number of hydrogen-bond donors (Lipinski definition) is 3. The maximum atomic E-state index is 11.7. The highest BCUT2D eigenvalue weighted by atomic mass is 79.9. The number of ether oxygens (including phenoxy) is 1. The molecule has 2 heterocycles. The second-order valence-electron chi connectivity index (χ2n) is 3.91. The second-order valence-corrected chi connectivity index (χ2v) is 6.00. The Morgan fingerprint density at radius 3 is 2.83 bits per heavy atom. The molecule has 18 heavy (non-hydrogen) atoms. The third kappa shape index (κ3) is 2.32. The van der Waals surface area contributed by atoms with E-state index < -0.39 is 28.1 Å². The Kier molecular flexibility index (Phi) is 3.79. The van der Waals surface area contributed by atoms with Gasteiger partial charge in [0, 0.05) is 12.6 Å². The molecule has 1 aliphatic rings. The van der Waals surface area contributed by atoms with E-state index in [9.17, 15) is 14.7 Å². The molecule has 100 valence electrons. The van der Waals surface area contributed by atoms with Crippen molar-refractivity contribution in [1.29, 1.82) is 0 Å². The minimum atomic E-state index is -1.29. The molecule has 1 aromatic rings. The van der Waals surface area contributed by atoms with Crippen LogP contribution in [-0.4, -0.2) is 38.6 Å². The number of aliphatic hydroxyl groups excluding tert-OH is 2. The molecule has 0 aromatic carbocycles. The van der Waals surface area contributed by atoms with Gasteiger partial charge in [0.15, 0.2) is 0 Å². The van der Waals surface area contributed by atoms with Crippen molar-refractivity contribution < 1.29 is 14.9 Å². The summed E-state index contributed by atoms with van der Waals surface area (Å²) >= 11 is 6.22. The largest absolute Gasteiger partial charge is 0.394 e. The van der Waals surface area contributed by atoms with Crippen molar-refractivity contribution in [2.75, 3.05) is 6.61 Å². The van der Waals surface area contributed by atoms with Crippen LogP contribution in [0.2, 0.25) is 0 Å². The summed E-state index contributed by atoms with van der Waals surface area (Å²) in [7, 11) is 0. The SMILES string of the molecule is O=c1[nH]c(=O)n([C@@]2(Br)C[C@H](O)[C@@H](CO)O2)cc1Br. The quantitative estimate of drug-likeness (QED) is 0.592. The van der Waals surface area contributed by atoms with E-state index in [2.05, 4.69) is 36.8 Å². The van der Waals surface area contributed by atoms with Gasteiger partial charge in [-0.1, -0.05) is 0 Å². The molecule has 0 radical (unpaired) electrons. The van der Waals surface area contributed by atoms with Crippen LogP contribution >= 0.6 is 31.9 Å². The van der Waals surface area contributed by atoms with Crippen molar-refractivity contribution in [1.82, 2.24) is 9.55 Å². The summed E-state index contributed by atoms with van der Waals surface area (Å²) in [5.74, 6) is 0. The van der Waals surface area contributed by atoms with Crippen molar-refractivity contribution in [2.24, 2.45) is 0 Å². The van der Waals surface area contributed by atoms with Crippen LogP contribution in [0.25, 0.3) is 0 Å². The van der Waals surface area contributed by atoms with E-state index >= 15 is 0 Å². The van der Waals surface area contributed by atoms with E-state index in [0.29, 0.717) is 0 Å². The van der Waals surface area contributed by atoms with E-state index in [4.69, 9.17) is 9.84 Å². The average Bonchev–Trinajstić information content (AvgIpc) is 2.59. The Labute approximate surface area is 118 Å². The van der Waals surface area contributed by atoms with Crippen molar-refractivity contribution >= 4 is 31.9 Å². The molecule has 1 saturated heterocycles. The van der Waals surface area contributed by atoms with Crippen LogP contribution < -0.4 is 11.2 Å². The third-order valence-electron chi connectivity index (χ3n) is 2.66. The standard InChI is InChI=1S/C9H10Br2N2O5/c10-4-2-13(8(17)12-7(4)16)9(11)1-5(15)6(3-14)18-9/h2,5-6,14-15H,1,3H2,(H,12,16,17)/t5-,6+,9-/m0/s1. The van der Waals surface area contributed by atoms with Crippen molar-refractivity contribution in [3.05, 3.63) is 31.5 Å². The molecular formula is C9H10Br2N2O5. The highest BCUT2D eigenvalue weighted by molar-refractivity contribution is 9.10. The first-order chi connectivity index (χ1) is 8.37. The van der Waals surface area contributed by atoms with E-state index in [1.807, 2.05) is 0 Å². The molecule has 0 aliphatic carbocycles. The molecule has 7 nitrogen and oxygen atoms in total. The first-order valence-corrected chi connectivity index (χ1v) is 6.63. The Balaban J connectivity index is 2.47. The van der Waals surface area contributed by atoms with E-state index in [1.54, 1.807) is 0 Å². The molecule has 2 rings (SSSR count). The molecule has 0 spiro atoms. The van der Waals surface area contributed by atoms with Crippen LogP contribution in [0, 0.1) is 0 Å². The van der Waals surface area contributed by atoms with Gasteiger partial charge in [0.05, 0.1) is 17.2 Å². The minimum Gasteiger partial charge on any atom is -0.394 e. The second kappa shape index (κ2) is 4.89. The lowest BCUT2D eigenvalue weighted by Crippen LogP contribution is -2.40. The molecule has 9 heteroatoms. The van der Waals surface area contributed by atoms with Gasteiger partial charge >= 0.3 is 5.69 Å². The summed E-state index contributed by atoms with van der Waals surface area (Å²) in [6, 6.07) is 0. The van der Waals surface area contributed by atoms with Crippen LogP contribution in [0.3, 0.4) is 0 Å². The van der Waals surface area contributed by atoms with E-state index in [-0.39, 0.29) is 17.5 Å². The fraction of sp³-hybridized carbons (Fsp3) is 0.556. The van der Waals surface area contributed by atoms with Crippen molar-refractivity contribution in [3.63, 3.8) is 0 Å². The lowest BCUT2D eigenvalue weighted by molar-refractivity contribution is -0.0609. The summed E-state index contributed by atoms with van der Waals surface area (Å²) in [5, 5.41) is 18.7. The molecular weight excluding hydrogens is 376 g/mol. The number of aromatic nitrogens is 2. The normalized spacial score (nSPS) is 31.8. The number of aliphatic hydroxyl groups is 2. The number of halogens is 2. The fourth-order valence-corrected chi connectivity index (χ4v) is 2.90. The number of hydrogen-bond acceptors (Lipinski definition) is 5. The van der Waals surface area contributed by atoms with Gasteiger partial charge in [-0.05, 0) is 31.9 Å². The Morgan fingerprint density at radius 1 is 1.61 bits per heavy atom. The summed E-state index contributed by atoms with van der Waals surface area (Å²) in [4.78, 5) is 25.1. The first kappa shape index (κ1) is 13.9. The van der Waals surface area contributed by atoms with Gasteiger partial charge in [-0.2, -0.15) is 0 Å². The van der Waals surface area contributed by atoms with Gasteiger partial charge in [-0.25, -0.2) is 4.79 Å². The summed E-state index contributed by atoms with van der Waals surface area (Å²) in [6.07, 6.45) is -0.368. The first-order valence-electron chi connectivity index (χ1n) is 5.05. The highest BCUT2D eigenvalue weighted by Gasteiger charge is 2.46. The number of H-pyrrole nitrogens is 1. The minimum absolute atomic E-state index is 0.0661. The van der Waals surface area contributed by atoms with Gasteiger partial charge in [0.25, 0.3) is 5.56 Å². The zero-order chi connectivity index (χ0) is 13.5. The monoisotopic (exact) mass is 384 g/mol. The summed E-state index contributed by atoms with van der Waals surface area (Å²) in [5.41, 5.74) is -1.23. The van der Waals surface area contributed by atoms with Crippen LogP contribution in [0.15, 0.2) is 20.3 Å². The maximum absolute atomic E-state index is 11.7. The lowest BCUT2D eigenvalue weighted by atomic mass is 10.2.